The molecular weight excluding hydrogens is 280 g/mol. The lowest BCUT2D eigenvalue weighted by atomic mass is 9.88. The largest absolute Gasteiger partial charge is 0.465 e. The van der Waals surface area contributed by atoms with Gasteiger partial charge in [-0.1, -0.05) is 0 Å². The second-order valence-electron chi connectivity index (χ2n) is 5.73. The average molecular weight is 296 g/mol. The molecule has 3 aromatic heterocycles. The Bertz CT molecular complexity index is 858. The summed E-state index contributed by atoms with van der Waals surface area (Å²) in [5.41, 5.74) is 2.87. The van der Waals surface area contributed by atoms with Crippen molar-refractivity contribution >= 4 is 28.0 Å². The highest BCUT2D eigenvalue weighted by atomic mass is 16.4. The average Bonchev–Trinajstić information content (AvgIpc) is 3.03. The first-order valence-electron chi connectivity index (χ1n) is 7.42. The van der Waals surface area contributed by atoms with Crippen molar-refractivity contribution in [2.45, 2.75) is 18.8 Å². The SMILES string of the molecule is O=C(O)N1CCCC(c2ccnc3cnc4[nH]ccc4c23)C1. The summed E-state index contributed by atoms with van der Waals surface area (Å²) < 4.78 is 0. The van der Waals surface area contributed by atoms with Crippen LogP contribution in [0.5, 0.6) is 0 Å². The topological polar surface area (TPSA) is 82.1 Å². The van der Waals surface area contributed by atoms with Crippen molar-refractivity contribution in [3.05, 3.63) is 36.3 Å². The number of likely N-dealkylation sites (tertiary alicyclic amines) is 1. The molecule has 0 spiro atoms. The molecule has 3 aromatic rings. The Kier molecular flexibility index (Phi) is 2.96. The van der Waals surface area contributed by atoms with Gasteiger partial charge in [0.25, 0.3) is 0 Å². The minimum Gasteiger partial charge on any atom is -0.465 e. The first kappa shape index (κ1) is 13.1. The van der Waals surface area contributed by atoms with Gasteiger partial charge in [0.15, 0.2) is 0 Å². The fourth-order valence-electron chi connectivity index (χ4n) is 3.42. The van der Waals surface area contributed by atoms with Crippen LogP contribution in [0.3, 0.4) is 0 Å². The molecule has 4 rings (SSSR count). The molecule has 1 aliphatic rings. The number of hydrogen-bond donors (Lipinski definition) is 2. The second kappa shape index (κ2) is 4.98. The number of H-pyrrole nitrogens is 1. The summed E-state index contributed by atoms with van der Waals surface area (Å²) in [6, 6.07) is 4.03. The van der Waals surface area contributed by atoms with Crippen LogP contribution >= 0.6 is 0 Å². The number of nitrogens with zero attached hydrogens (tertiary/aromatic N) is 3. The van der Waals surface area contributed by atoms with E-state index in [0.717, 1.165) is 34.8 Å². The van der Waals surface area contributed by atoms with Gasteiger partial charge in [-0.3, -0.25) is 4.98 Å². The highest BCUT2D eigenvalue weighted by molar-refractivity contribution is 6.05. The van der Waals surface area contributed by atoms with E-state index in [1.54, 1.807) is 12.4 Å². The summed E-state index contributed by atoms with van der Waals surface area (Å²) in [5, 5.41) is 11.4. The molecule has 0 radical (unpaired) electrons. The Morgan fingerprint density at radius 3 is 3.14 bits per heavy atom. The molecule has 2 N–H and O–H groups in total. The number of aromatic nitrogens is 3. The molecule has 1 fully saturated rings. The van der Waals surface area contributed by atoms with Gasteiger partial charge in [-0.2, -0.15) is 0 Å². The Labute approximate surface area is 126 Å². The van der Waals surface area contributed by atoms with E-state index in [1.807, 2.05) is 18.3 Å². The van der Waals surface area contributed by atoms with E-state index >= 15 is 0 Å². The van der Waals surface area contributed by atoms with E-state index in [0.29, 0.717) is 13.1 Å². The van der Waals surface area contributed by atoms with E-state index in [4.69, 9.17) is 0 Å². The number of hydrogen-bond acceptors (Lipinski definition) is 3. The molecule has 0 aromatic carbocycles. The molecule has 1 atom stereocenters. The Hall–Kier alpha value is -2.63. The van der Waals surface area contributed by atoms with Crippen molar-refractivity contribution in [3.8, 4) is 0 Å². The normalized spacial score (nSPS) is 18.9. The predicted molar refractivity (Wildman–Crippen MR) is 83.0 cm³/mol. The maximum atomic E-state index is 11.3. The summed E-state index contributed by atoms with van der Waals surface area (Å²) in [5.74, 6) is 0.204. The molecule has 0 bridgehead atoms. The van der Waals surface area contributed by atoms with Crippen LogP contribution in [0.1, 0.15) is 24.3 Å². The smallest absolute Gasteiger partial charge is 0.407 e. The lowest BCUT2D eigenvalue weighted by Crippen LogP contribution is -2.38. The molecule has 0 saturated carbocycles. The van der Waals surface area contributed by atoms with Gasteiger partial charge >= 0.3 is 6.09 Å². The number of amides is 1. The maximum absolute atomic E-state index is 11.3. The summed E-state index contributed by atoms with van der Waals surface area (Å²) in [6.45, 7) is 1.17. The summed E-state index contributed by atoms with van der Waals surface area (Å²) in [6.07, 6.45) is 6.49. The second-order valence-corrected chi connectivity index (χ2v) is 5.73. The summed E-state index contributed by atoms with van der Waals surface area (Å²) in [4.78, 5) is 24.7. The van der Waals surface area contributed by atoms with E-state index in [-0.39, 0.29) is 5.92 Å². The monoisotopic (exact) mass is 296 g/mol. The first-order valence-corrected chi connectivity index (χ1v) is 7.42. The van der Waals surface area contributed by atoms with E-state index < -0.39 is 6.09 Å². The standard InChI is InChI=1S/C16H16N4O2/c21-16(22)20-7-1-2-10(9-20)11-3-5-17-13-8-19-15-12(14(11)13)4-6-18-15/h3-6,8,10H,1-2,7,9H2,(H,18,19)(H,21,22). The summed E-state index contributed by atoms with van der Waals surface area (Å²) >= 11 is 0. The molecule has 1 unspecified atom stereocenters. The third kappa shape index (κ3) is 1.99. The number of carboxylic acid groups (broad SMARTS) is 1. The Morgan fingerprint density at radius 2 is 2.27 bits per heavy atom. The van der Waals surface area contributed by atoms with Crippen LogP contribution in [0.15, 0.2) is 30.7 Å². The van der Waals surface area contributed by atoms with E-state index in [9.17, 15) is 9.90 Å². The highest BCUT2D eigenvalue weighted by Crippen LogP contribution is 2.34. The lowest BCUT2D eigenvalue weighted by Gasteiger charge is -2.31. The van der Waals surface area contributed by atoms with E-state index in [2.05, 4.69) is 15.0 Å². The fourth-order valence-corrected chi connectivity index (χ4v) is 3.42. The molecule has 1 aliphatic heterocycles. The maximum Gasteiger partial charge on any atom is 0.407 e. The van der Waals surface area contributed by atoms with Gasteiger partial charge in [-0.15, -0.1) is 0 Å². The van der Waals surface area contributed by atoms with Crippen LogP contribution in [-0.2, 0) is 0 Å². The van der Waals surface area contributed by atoms with Gasteiger partial charge in [0.2, 0.25) is 0 Å². The third-order valence-corrected chi connectivity index (χ3v) is 4.45. The molecule has 112 valence electrons. The first-order chi connectivity index (χ1) is 10.7. The molecule has 22 heavy (non-hydrogen) atoms. The molecule has 4 heterocycles. The zero-order chi connectivity index (χ0) is 15.1. The number of fused-ring (bicyclic) bond motifs is 3. The molecule has 0 aliphatic carbocycles. The number of piperidine rings is 1. The number of aromatic amines is 1. The third-order valence-electron chi connectivity index (χ3n) is 4.45. The molecule has 1 amide bonds. The number of nitrogens with one attached hydrogen (secondary N) is 1. The predicted octanol–water partition coefficient (Wildman–Crippen LogP) is 2.97. The van der Waals surface area contributed by atoms with Gasteiger partial charge < -0.3 is 15.0 Å². The van der Waals surface area contributed by atoms with Gasteiger partial charge in [-0.05, 0) is 30.5 Å². The van der Waals surface area contributed by atoms with Crippen molar-refractivity contribution in [1.82, 2.24) is 19.9 Å². The lowest BCUT2D eigenvalue weighted by molar-refractivity contribution is 0.130. The van der Waals surface area contributed by atoms with E-state index in [1.165, 1.54) is 10.5 Å². The molecule has 1 saturated heterocycles. The van der Waals surface area contributed by atoms with Gasteiger partial charge in [0.1, 0.15) is 5.65 Å². The number of rotatable bonds is 1. The Morgan fingerprint density at radius 1 is 1.36 bits per heavy atom. The number of pyridine rings is 2. The van der Waals surface area contributed by atoms with Crippen molar-refractivity contribution in [1.29, 1.82) is 0 Å². The molecule has 6 heteroatoms. The van der Waals surface area contributed by atoms with Gasteiger partial charge in [-0.25, -0.2) is 9.78 Å². The van der Waals surface area contributed by atoms with Crippen LogP contribution in [0.4, 0.5) is 4.79 Å². The highest BCUT2D eigenvalue weighted by Gasteiger charge is 2.26. The van der Waals surface area contributed by atoms with Crippen LogP contribution in [0.25, 0.3) is 21.9 Å². The Balaban J connectivity index is 1.87. The van der Waals surface area contributed by atoms with Crippen LogP contribution < -0.4 is 0 Å². The van der Waals surface area contributed by atoms with Gasteiger partial charge in [0, 0.05) is 42.2 Å². The minimum absolute atomic E-state index is 0.204. The zero-order valence-electron chi connectivity index (χ0n) is 12.0. The number of carbonyl (C=O) groups is 1. The zero-order valence-corrected chi connectivity index (χ0v) is 12.0. The molecular formula is C16H16N4O2. The van der Waals surface area contributed by atoms with Crippen molar-refractivity contribution in [2.24, 2.45) is 0 Å². The minimum atomic E-state index is -0.837. The summed E-state index contributed by atoms with van der Waals surface area (Å²) in [7, 11) is 0. The van der Waals surface area contributed by atoms with Crippen LogP contribution in [0.2, 0.25) is 0 Å². The van der Waals surface area contributed by atoms with Gasteiger partial charge in [0.05, 0.1) is 11.7 Å². The fraction of sp³-hybridized carbons (Fsp3) is 0.312. The van der Waals surface area contributed by atoms with Crippen LogP contribution in [-0.4, -0.2) is 44.1 Å². The van der Waals surface area contributed by atoms with Crippen LogP contribution in [0, 0.1) is 0 Å². The van der Waals surface area contributed by atoms with Crippen molar-refractivity contribution in [2.75, 3.05) is 13.1 Å². The molecule has 6 nitrogen and oxygen atoms in total. The quantitative estimate of drug-likeness (QED) is 0.723. The van der Waals surface area contributed by atoms with Crippen molar-refractivity contribution < 1.29 is 9.90 Å². The van der Waals surface area contributed by atoms with Crippen molar-refractivity contribution in [3.63, 3.8) is 0 Å².